The minimum absolute atomic E-state index is 0.0564. The van der Waals surface area contributed by atoms with Gasteiger partial charge in [-0.05, 0) is 24.0 Å². The number of benzene rings is 1. The van der Waals surface area contributed by atoms with Crippen molar-refractivity contribution in [2.24, 2.45) is 11.7 Å². The maximum atomic E-state index is 12.6. The SMILES string of the molecule is NC(=O)C1CCN(C(=O)C2NCCc3ccccc32)C1. The van der Waals surface area contributed by atoms with Crippen molar-refractivity contribution < 1.29 is 9.59 Å². The Morgan fingerprint density at radius 2 is 2.10 bits per heavy atom. The van der Waals surface area contributed by atoms with Gasteiger partial charge in [0.2, 0.25) is 11.8 Å². The lowest BCUT2D eigenvalue weighted by Gasteiger charge is -2.29. The van der Waals surface area contributed by atoms with Crippen molar-refractivity contribution in [3.63, 3.8) is 0 Å². The molecule has 5 nitrogen and oxygen atoms in total. The van der Waals surface area contributed by atoms with Crippen LogP contribution in [-0.4, -0.2) is 36.3 Å². The van der Waals surface area contributed by atoms with Crippen LogP contribution in [0.4, 0.5) is 0 Å². The number of hydrogen-bond acceptors (Lipinski definition) is 3. The Bertz CT molecular complexity index is 544. The zero-order valence-electron chi connectivity index (χ0n) is 11.3. The van der Waals surface area contributed by atoms with Crippen LogP contribution in [0.2, 0.25) is 0 Å². The molecule has 2 amide bonds. The monoisotopic (exact) mass is 273 g/mol. The summed E-state index contributed by atoms with van der Waals surface area (Å²) in [5, 5.41) is 3.29. The van der Waals surface area contributed by atoms with Gasteiger partial charge in [0.15, 0.2) is 0 Å². The molecule has 0 bridgehead atoms. The van der Waals surface area contributed by atoms with E-state index in [0.29, 0.717) is 19.5 Å². The summed E-state index contributed by atoms with van der Waals surface area (Å²) in [5.74, 6) is -0.448. The predicted octanol–water partition coefficient (Wildman–Crippen LogP) is 0.207. The summed E-state index contributed by atoms with van der Waals surface area (Å²) in [5.41, 5.74) is 7.62. The minimum Gasteiger partial charge on any atom is -0.369 e. The molecule has 1 saturated heterocycles. The van der Waals surface area contributed by atoms with Gasteiger partial charge in [0.1, 0.15) is 6.04 Å². The van der Waals surface area contributed by atoms with Crippen LogP contribution in [-0.2, 0) is 16.0 Å². The average Bonchev–Trinajstić information content (AvgIpc) is 2.96. The molecule has 1 fully saturated rings. The molecule has 20 heavy (non-hydrogen) atoms. The van der Waals surface area contributed by atoms with Gasteiger partial charge in [-0.15, -0.1) is 0 Å². The summed E-state index contributed by atoms with van der Waals surface area (Å²) >= 11 is 0. The predicted molar refractivity (Wildman–Crippen MR) is 74.8 cm³/mol. The summed E-state index contributed by atoms with van der Waals surface area (Å²) in [7, 11) is 0. The highest BCUT2D eigenvalue weighted by Gasteiger charge is 2.35. The van der Waals surface area contributed by atoms with E-state index in [0.717, 1.165) is 18.5 Å². The average molecular weight is 273 g/mol. The number of rotatable bonds is 2. The Labute approximate surface area is 118 Å². The van der Waals surface area contributed by atoms with Crippen molar-refractivity contribution in [1.29, 1.82) is 0 Å². The molecule has 0 radical (unpaired) electrons. The maximum absolute atomic E-state index is 12.6. The molecule has 106 valence electrons. The summed E-state index contributed by atoms with van der Waals surface area (Å²) in [6.07, 6.45) is 1.62. The van der Waals surface area contributed by atoms with Crippen LogP contribution in [0.15, 0.2) is 24.3 Å². The summed E-state index contributed by atoms with van der Waals surface area (Å²) in [6, 6.07) is 7.76. The number of nitrogens with two attached hydrogens (primary N) is 1. The lowest BCUT2D eigenvalue weighted by molar-refractivity contribution is -0.133. The second kappa shape index (κ2) is 5.25. The summed E-state index contributed by atoms with van der Waals surface area (Å²) in [6.45, 7) is 1.88. The molecule has 3 N–H and O–H groups in total. The zero-order chi connectivity index (χ0) is 14.1. The van der Waals surface area contributed by atoms with Crippen molar-refractivity contribution >= 4 is 11.8 Å². The molecule has 0 spiro atoms. The lowest BCUT2D eigenvalue weighted by atomic mass is 9.93. The standard InChI is InChI=1S/C15H19N3O2/c16-14(19)11-6-8-18(9-11)15(20)13-12-4-2-1-3-10(12)5-7-17-13/h1-4,11,13,17H,5-9H2,(H2,16,19). The van der Waals surface area contributed by atoms with E-state index in [-0.39, 0.29) is 23.8 Å². The van der Waals surface area contributed by atoms with E-state index >= 15 is 0 Å². The van der Waals surface area contributed by atoms with E-state index in [2.05, 4.69) is 11.4 Å². The Hall–Kier alpha value is -1.88. The number of hydrogen-bond donors (Lipinski definition) is 2. The van der Waals surface area contributed by atoms with E-state index in [4.69, 9.17) is 5.73 Å². The van der Waals surface area contributed by atoms with E-state index < -0.39 is 0 Å². The van der Waals surface area contributed by atoms with Crippen molar-refractivity contribution in [3.05, 3.63) is 35.4 Å². The molecular weight excluding hydrogens is 254 g/mol. The second-order valence-electron chi connectivity index (χ2n) is 5.51. The van der Waals surface area contributed by atoms with Crippen molar-refractivity contribution in [3.8, 4) is 0 Å². The number of nitrogens with zero attached hydrogens (tertiary/aromatic N) is 1. The topological polar surface area (TPSA) is 75.4 Å². The maximum Gasteiger partial charge on any atom is 0.244 e. The fourth-order valence-electron chi connectivity index (χ4n) is 3.10. The van der Waals surface area contributed by atoms with Gasteiger partial charge >= 0.3 is 0 Å². The van der Waals surface area contributed by atoms with Crippen LogP contribution in [0.3, 0.4) is 0 Å². The van der Waals surface area contributed by atoms with Crippen LogP contribution in [0.5, 0.6) is 0 Å². The lowest BCUT2D eigenvalue weighted by Crippen LogP contribution is -2.43. The smallest absolute Gasteiger partial charge is 0.244 e. The van der Waals surface area contributed by atoms with Crippen LogP contribution in [0.1, 0.15) is 23.6 Å². The third-order valence-electron chi connectivity index (χ3n) is 4.26. The molecule has 1 aromatic carbocycles. The highest BCUT2D eigenvalue weighted by atomic mass is 16.2. The molecule has 0 aromatic heterocycles. The van der Waals surface area contributed by atoms with Gasteiger partial charge in [-0.2, -0.15) is 0 Å². The zero-order valence-corrected chi connectivity index (χ0v) is 11.3. The normalized spacial score (nSPS) is 25.3. The Morgan fingerprint density at radius 3 is 2.85 bits per heavy atom. The third kappa shape index (κ3) is 2.29. The molecule has 2 aliphatic rings. The van der Waals surface area contributed by atoms with Gasteiger partial charge in [0.05, 0.1) is 5.92 Å². The summed E-state index contributed by atoms with van der Waals surface area (Å²) in [4.78, 5) is 25.6. The van der Waals surface area contributed by atoms with Crippen LogP contribution < -0.4 is 11.1 Å². The van der Waals surface area contributed by atoms with Crippen LogP contribution in [0, 0.1) is 5.92 Å². The first-order valence-electron chi connectivity index (χ1n) is 7.06. The van der Waals surface area contributed by atoms with Crippen LogP contribution in [0.25, 0.3) is 0 Å². The van der Waals surface area contributed by atoms with E-state index in [1.54, 1.807) is 4.90 Å². The summed E-state index contributed by atoms with van der Waals surface area (Å²) < 4.78 is 0. The highest BCUT2D eigenvalue weighted by Crippen LogP contribution is 2.26. The van der Waals surface area contributed by atoms with Gasteiger partial charge in [-0.1, -0.05) is 24.3 Å². The first kappa shape index (κ1) is 13.1. The third-order valence-corrected chi connectivity index (χ3v) is 4.26. The highest BCUT2D eigenvalue weighted by molar-refractivity contribution is 5.86. The molecule has 2 atom stereocenters. The fraction of sp³-hybridized carbons (Fsp3) is 0.467. The Balaban J connectivity index is 1.78. The van der Waals surface area contributed by atoms with Gasteiger partial charge in [-0.25, -0.2) is 0 Å². The molecule has 2 aliphatic heterocycles. The van der Waals surface area contributed by atoms with E-state index in [9.17, 15) is 9.59 Å². The molecule has 3 rings (SSSR count). The van der Waals surface area contributed by atoms with E-state index in [1.165, 1.54) is 5.56 Å². The molecule has 2 unspecified atom stereocenters. The molecule has 1 aromatic rings. The fourth-order valence-corrected chi connectivity index (χ4v) is 3.10. The van der Waals surface area contributed by atoms with Gasteiger partial charge in [0, 0.05) is 19.6 Å². The van der Waals surface area contributed by atoms with Crippen LogP contribution >= 0.6 is 0 Å². The van der Waals surface area contributed by atoms with Gasteiger partial charge in [-0.3, -0.25) is 9.59 Å². The minimum atomic E-state index is -0.308. The largest absolute Gasteiger partial charge is 0.369 e. The number of nitrogens with one attached hydrogen (secondary N) is 1. The Morgan fingerprint density at radius 1 is 1.30 bits per heavy atom. The van der Waals surface area contributed by atoms with Crippen molar-refractivity contribution in [2.45, 2.75) is 18.9 Å². The first-order chi connectivity index (χ1) is 9.66. The molecule has 2 heterocycles. The van der Waals surface area contributed by atoms with Gasteiger partial charge in [0.25, 0.3) is 0 Å². The molecule has 0 saturated carbocycles. The number of likely N-dealkylation sites (tertiary alicyclic amines) is 1. The van der Waals surface area contributed by atoms with Crippen molar-refractivity contribution in [1.82, 2.24) is 10.2 Å². The number of fused-ring (bicyclic) bond motifs is 1. The Kier molecular flexibility index (Phi) is 3.44. The van der Waals surface area contributed by atoms with Gasteiger partial charge < -0.3 is 16.0 Å². The second-order valence-corrected chi connectivity index (χ2v) is 5.51. The van der Waals surface area contributed by atoms with E-state index in [1.807, 2.05) is 18.2 Å². The number of primary amides is 1. The molecule has 5 heteroatoms. The number of carbonyl (C=O) groups is 2. The number of carbonyl (C=O) groups excluding carboxylic acids is 2. The quantitative estimate of drug-likeness (QED) is 0.808. The van der Waals surface area contributed by atoms with Crippen molar-refractivity contribution in [2.75, 3.05) is 19.6 Å². The molecule has 0 aliphatic carbocycles. The first-order valence-corrected chi connectivity index (χ1v) is 7.06. The number of amides is 2. The molecular formula is C15H19N3O2.